The summed E-state index contributed by atoms with van der Waals surface area (Å²) >= 11 is 0. The van der Waals surface area contributed by atoms with Crippen molar-refractivity contribution >= 4 is 43.6 Å². The lowest BCUT2D eigenvalue weighted by Gasteiger charge is -2.23. The number of nitrogens with zero attached hydrogens (tertiary/aromatic N) is 3. The van der Waals surface area contributed by atoms with Crippen LogP contribution in [0.15, 0.2) is 103 Å². The van der Waals surface area contributed by atoms with E-state index in [4.69, 9.17) is 0 Å². The molecule has 0 bridgehead atoms. The Hall–Kier alpha value is -5.80. The highest BCUT2D eigenvalue weighted by atomic mass is 19.4. The zero-order chi connectivity index (χ0) is 34.4. The molecule has 0 N–H and O–H groups in total. The number of hydrogen-bond acceptors (Lipinski definition) is 1. The van der Waals surface area contributed by atoms with Gasteiger partial charge in [0.25, 0.3) is 0 Å². The normalized spacial score (nSPS) is 12.1. The van der Waals surface area contributed by atoms with Crippen molar-refractivity contribution in [2.75, 3.05) is 0 Å². The van der Waals surface area contributed by atoms with Crippen LogP contribution in [0.2, 0.25) is 0 Å². The van der Waals surface area contributed by atoms with Crippen molar-refractivity contribution in [1.29, 1.82) is 5.26 Å². The Bertz CT molecular complexity index is 2450. The fourth-order valence-electron chi connectivity index (χ4n) is 7.41. The highest BCUT2D eigenvalue weighted by Crippen LogP contribution is 2.47. The molecule has 6 aromatic carbocycles. The van der Waals surface area contributed by atoms with Crippen LogP contribution in [-0.2, 0) is 6.18 Å². The quantitative estimate of drug-likeness (QED) is 0.188. The second kappa shape index (κ2) is 10.9. The summed E-state index contributed by atoms with van der Waals surface area (Å²) in [6.07, 6.45) is -4.63. The van der Waals surface area contributed by atoms with Crippen molar-refractivity contribution in [2.45, 2.75) is 40.8 Å². The van der Waals surface area contributed by atoms with Gasteiger partial charge in [-0.05, 0) is 105 Å². The van der Waals surface area contributed by atoms with Crippen LogP contribution in [0.1, 0.15) is 38.9 Å². The lowest BCUT2D eigenvalue weighted by atomic mass is 9.92. The molecule has 0 spiro atoms. The highest BCUT2D eigenvalue weighted by molar-refractivity contribution is 6.12. The molecule has 0 aliphatic rings. The number of nitriles is 1. The first kappa shape index (κ1) is 30.5. The van der Waals surface area contributed by atoms with E-state index < -0.39 is 11.7 Å². The van der Waals surface area contributed by atoms with Crippen LogP contribution in [0, 0.1) is 45.9 Å². The Balaban J connectivity index is 1.66. The number of aromatic nitrogens is 2. The Kier molecular flexibility index (Phi) is 6.77. The van der Waals surface area contributed by atoms with Crippen LogP contribution >= 0.6 is 0 Å². The van der Waals surface area contributed by atoms with Gasteiger partial charge in [-0.2, -0.15) is 18.4 Å². The first-order valence-corrected chi connectivity index (χ1v) is 16.2. The maximum Gasteiger partial charge on any atom is 0.417 e. The summed E-state index contributed by atoms with van der Waals surface area (Å²) in [7, 11) is 0. The predicted octanol–water partition coefficient (Wildman–Crippen LogP) is 12.0. The minimum atomic E-state index is -4.63. The van der Waals surface area contributed by atoms with Crippen LogP contribution in [0.3, 0.4) is 0 Å². The molecule has 2 heterocycles. The van der Waals surface area contributed by atoms with Crippen LogP contribution in [-0.4, -0.2) is 9.13 Å². The molecule has 0 unspecified atom stereocenters. The molecular weight excluding hydrogens is 615 g/mol. The molecular formula is C43H32F3N3. The van der Waals surface area contributed by atoms with Gasteiger partial charge in [0.2, 0.25) is 0 Å². The second-order valence-corrected chi connectivity index (χ2v) is 13.3. The third kappa shape index (κ3) is 4.80. The molecule has 0 aliphatic carbocycles. The van der Waals surface area contributed by atoms with Crippen molar-refractivity contribution in [1.82, 2.24) is 9.13 Å². The van der Waals surface area contributed by atoms with E-state index in [0.29, 0.717) is 28.1 Å². The summed E-state index contributed by atoms with van der Waals surface area (Å²) in [5, 5.41) is 14.5. The monoisotopic (exact) mass is 647 g/mol. The SMILES string of the molecule is Cc1ccc(-c2c(-n3c4cc(C)ccc4c4ccc(C)cc43)cc(C#N)cc2-n2c3cc(C)ccc3c3ccc(C)cc32)c(C(F)(F)F)c1. The zero-order valence-electron chi connectivity index (χ0n) is 27.8. The number of benzene rings is 6. The topological polar surface area (TPSA) is 33.6 Å². The van der Waals surface area contributed by atoms with E-state index in [1.54, 1.807) is 31.2 Å². The Morgan fingerprint density at radius 1 is 0.490 bits per heavy atom. The van der Waals surface area contributed by atoms with Gasteiger partial charge in [-0.1, -0.05) is 66.2 Å². The minimum absolute atomic E-state index is 0.0539. The van der Waals surface area contributed by atoms with E-state index >= 15 is 13.2 Å². The molecule has 0 amide bonds. The first-order valence-electron chi connectivity index (χ1n) is 16.2. The number of alkyl halides is 3. The van der Waals surface area contributed by atoms with Crippen LogP contribution in [0.4, 0.5) is 13.2 Å². The molecule has 3 nitrogen and oxygen atoms in total. The minimum Gasteiger partial charge on any atom is -0.308 e. The fourth-order valence-corrected chi connectivity index (χ4v) is 7.41. The molecule has 49 heavy (non-hydrogen) atoms. The average Bonchev–Trinajstić information content (AvgIpc) is 3.54. The summed E-state index contributed by atoms with van der Waals surface area (Å²) in [4.78, 5) is 0. The second-order valence-electron chi connectivity index (χ2n) is 13.3. The highest BCUT2D eigenvalue weighted by Gasteiger charge is 2.36. The van der Waals surface area contributed by atoms with Crippen LogP contribution < -0.4 is 0 Å². The summed E-state index contributed by atoms with van der Waals surface area (Å²) in [5.41, 5.74) is 9.12. The molecule has 0 saturated carbocycles. The van der Waals surface area contributed by atoms with E-state index in [-0.39, 0.29) is 5.56 Å². The standard InChI is InChI=1S/C43H32F3N3/c1-24-10-15-34(35(16-24)43(44,45)46)42-40(48-36-17-25(2)6-11-30(36)31-12-7-26(3)18-37(31)48)21-29(23-47)22-41(42)49-38-19-27(4)8-13-32(38)33-14-9-28(5)20-39(33)49/h6-22H,1-5H3. The van der Waals surface area contributed by atoms with Gasteiger partial charge < -0.3 is 9.13 Å². The summed E-state index contributed by atoms with van der Waals surface area (Å²) in [6, 6.07) is 35.1. The van der Waals surface area contributed by atoms with Gasteiger partial charge in [0.1, 0.15) is 0 Å². The smallest absolute Gasteiger partial charge is 0.308 e. The maximum absolute atomic E-state index is 15.2. The number of fused-ring (bicyclic) bond motifs is 6. The zero-order valence-corrected chi connectivity index (χ0v) is 27.8. The predicted molar refractivity (Wildman–Crippen MR) is 194 cm³/mol. The van der Waals surface area contributed by atoms with E-state index in [0.717, 1.165) is 65.9 Å². The molecule has 2 aromatic heterocycles. The van der Waals surface area contributed by atoms with Gasteiger partial charge in [0, 0.05) is 27.1 Å². The molecule has 8 aromatic rings. The Morgan fingerprint density at radius 3 is 1.18 bits per heavy atom. The number of aryl methyl sites for hydroxylation is 5. The lowest BCUT2D eigenvalue weighted by Crippen LogP contribution is -2.11. The summed E-state index contributed by atoms with van der Waals surface area (Å²) in [5.74, 6) is 0. The molecule has 6 heteroatoms. The van der Waals surface area contributed by atoms with Gasteiger partial charge in [-0.15, -0.1) is 0 Å². The van der Waals surface area contributed by atoms with Crippen LogP contribution in [0.25, 0.3) is 66.1 Å². The number of hydrogen-bond donors (Lipinski definition) is 0. The average molecular weight is 648 g/mol. The van der Waals surface area contributed by atoms with Crippen molar-refractivity contribution in [3.8, 4) is 28.6 Å². The first-order chi connectivity index (χ1) is 23.4. The molecule has 0 radical (unpaired) electrons. The van der Waals surface area contributed by atoms with Gasteiger partial charge >= 0.3 is 6.18 Å². The summed E-state index contributed by atoms with van der Waals surface area (Å²) < 4.78 is 49.6. The molecule has 240 valence electrons. The van der Waals surface area contributed by atoms with Gasteiger partial charge in [0.05, 0.1) is 50.6 Å². The van der Waals surface area contributed by atoms with E-state index in [2.05, 4.69) is 88.0 Å². The molecule has 0 saturated heterocycles. The Labute approximate surface area is 282 Å². The maximum atomic E-state index is 15.2. The third-order valence-corrected chi connectivity index (χ3v) is 9.61. The number of halogens is 3. The lowest BCUT2D eigenvalue weighted by molar-refractivity contribution is -0.137. The van der Waals surface area contributed by atoms with Crippen LogP contribution in [0.5, 0.6) is 0 Å². The van der Waals surface area contributed by atoms with Crippen molar-refractivity contribution in [2.24, 2.45) is 0 Å². The van der Waals surface area contributed by atoms with Gasteiger partial charge in [-0.3, -0.25) is 0 Å². The Morgan fingerprint density at radius 2 is 0.837 bits per heavy atom. The summed E-state index contributed by atoms with van der Waals surface area (Å²) in [6.45, 7) is 9.71. The molecule has 8 rings (SSSR count). The van der Waals surface area contributed by atoms with Gasteiger partial charge in [-0.25, -0.2) is 0 Å². The van der Waals surface area contributed by atoms with E-state index in [1.165, 1.54) is 6.07 Å². The number of rotatable bonds is 3. The molecule has 0 atom stereocenters. The van der Waals surface area contributed by atoms with Gasteiger partial charge in [0.15, 0.2) is 0 Å². The largest absolute Gasteiger partial charge is 0.417 e. The molecule has 0 aliphatic heterocycles. The third-order valence-electron chi connectivity index (χ3n) is 9.61. The van der Waals surface area contributed by atoms with Crippen molar-refractivity contribution in [3.63, 3.8) is 0 Å². The van der Waals surface area contributed by atoms with E-state index in [1.807, 2.05) is 27.7 Å². The fraction of sp³-hybridized carbons (Fsp3) is 0.140. The van der Waals surface area contributed by atoms with E-state index in [9.17, 15) is 5.26 Å². The van der Waals surface area contributed by atoms with Crippen molar-refractivity contribution in [3.05, 3.63) is 142 Å². The molecule has 0 fully saturated rings. The van der Waals surface area contributed by atoms with Crippen molar-refractivity contribution < 1.29 is 13.2 Å².